The van der Waals surface area contributed by atoms with Gasteiger partial charge in [0.2, 0.25) is 0 Å². The van der Waals surface area contributed by atoms with Gasteiger partial charge in [0, 0.05) is 31.6 Å². The quantitative estimate of drug-likeness (QED) is 0.567. The number of hydrogen-bond donors (Lipinski definition) is 2. The molecule has 112 valence electrons. The smallest absolute Gasteiger partial charge is 0.123 e. The lowest BCUT2D eigenvalue weighted by atomic mass is 10.1. The predicted octanol–water partition coefficient (Wildman–Crippen LogP) is 2.79. The van der Waals surface area contributed by atoms with Gasteiger partial charge in [-0.15, -0.1) is 0 Å². The number of rotatable bonds is 8. The summed E-state index contributed by atoms with van der Waals surface area (Å²) in [5.41, 5.74) is 7.90. The summed E-state index contributed by atoms with van der Waals surface area (Å²) in [7, 11) is 1.70. The Morgan fingerprint density at radius 3 is 2.65 bits per heavy atom. The van der Waals surface area contributed by atoms with Crippen molar-refractivity contribution in [3.63, 3.8) is 0 Å². The summed E-state index contributed by atoms with van der Waals surface area (Å²) in [6.07, 6.45) is 0.612. The molecule has 0 aliphatic rings. The van der Waals surface area contributed by atoms with Crippen LogP contribution in [0.15, 0.2) is 18.2 Å². The van der Waals surface area contributed by atoms with E-state index in [1.807, 2.05) is 6.07 Å². The highest BCUT2D eigenvalue weighted by Crippen LogP contribution is 2.22. The van der Waals surface area contributed by atoms with Gasteiger partial charge in [-0.2, -0.15) is 0 Å². The van der Waals surface area contributed by atoms with E-state index in [1.54, 1.807) is 7.11 Å². The number of ether oxygens (including phenoxy) is 1. The molecular weight excluding hydrogens is 250 g/mol. The molecule has 0 aromatic heterocycles. The van der Waals surface area contributed by atoms with Crippen LogP contribution in [0.4, 0.5) is 0 Å². The van der Waals surface area contributed by atoms with E-state index in [-0.39, 0.29) is 5.84 Å². The molecule has 1 aromatic rings. The molecule has 4 nitrogen and oxygen atoms in total. The lowest BCUT2D eigenvalue weighted by Gasteiger charge is -2.25. The van der Waals surface area contributed by atoms with Crippen LogP contribution in [-0.2, 0) is 6.54 Å². The molecule has 1 rings (SSSR count). The molecule has 0 unspecified atom stereocenters. The number of amidine groups is 1. The number of methoxy groups -OCH3 is 1. The summed E-state index contributed by atoms with van der Waals surface area (Å²) in [5.74, 6) is 1.75. The number of nitrogens with one attached hydrogen (secondary N) is 1. The third-order valence-corrected chi connectivity index (χ3v) is 3.15. The highest BCUT2D eigenvalue weighted by atomic mass is 16.5. The molecule has 0 fully saturated rings. The van der Waals surface area contributed by atoms with Gasteiger partial charge in [0.25, 0.3) is 0 Å². The summed E-state index contributed by atoms with van der Waals surface area (Å²) < 4.78 is 5.44. The predicted molar refractivity (Wildman–Crippen MR) is 84.4 cm³/mol. The fourth-order valence-corrected chi connectivity index (χ4v) is 2.30. The Balaban J connectivity index is 2.81. The largest absolute Gasteiger partial charge is 0.496 e. The molecule has 0 spiro atoms. The van der Waals surface area contributed by atoms with E-state index in [0.29, 0.717) is 12.3 Å². The summed E-state index contributed by atoms with van der Waals surface area (Å²) in [5, 5.41) is 7.39. The zero-order valence-corrected chi connectivity index (χ0v) is 13.1. The minimum atomic E-state index is 0.245. The van der Waals surface area contributed by atoms with E-state index in [1.165, 1.54) is 11.1 Å². The lowest BCUT2D eigenvalue weighted by Crippen LogP contribution is -2.31. The summed E-state index contributed by atoms with van der Waals surface area (Å²) in [6, 6.07) is 6.24. The fraction of sp³-hybridized carbons (Fsp3) is 0.562. The van der Waals surface area contributed by atoms with Crippen molar-refractivity contribution in [2.75, 3.05) is 20.2 Å². The van der Waals surface area contributed by atoms with Crippen LogP contribution in [0.3, 0.4) is 0 Å². The van der Waals surface area contributed by atoms with Crippen molar-refractivity contribution in [3.8, 4) is 5.75 Å². The molecule has 20 heavy (non-hydrogen) atoms. The van der Waals surface area contributed by atoms with Crippen LogP contribution in [-0.4, -0.2) is 30.9 Å². The molecule has 3 N–H and O–H groups in total. The first kappa shape index (κ1) is 16.5. The van der Waals surface area contributed by atoms with Gasteiger partial charge < -0.3 is 10.5 Å². The van der Waals surface area contributed by atoms with E-state index >= 15 is 0 Å². The first-order valence-corrected chi connectivity index (χ1v) is 7.11. The van der Waals surface area contributed by atoms with Crippen molar-refractivity contribution in [2.45, 2.75) is 33.7 Å². The van der Waals surface area contributed by atoms with Crippen LogP contribution in [0.5, 0.6) is 5.75 Å². The average Bonchev–Trinajstić information content (AvgIpc) is 2.35. The Morgan fingerprint density at radius 2 is 2.10 bits per heavy atom. The number of nitrogens with zero attached hydrogens (tertiary/aromatic N) is 1. The van der Waals surface area contributed by atoms with Crippen molar-refractivity contribution in [3.05, 3.63) is 29.3 Å². The maximum atomic E-state index is 7.39. The van der Waals surface area contributed by atoms with Crippen LogP contribution in [0, 0.1) is 18.3 Å². The van der Waals surface area contributed by atoms with Gasteiger partial charge in [-0.25, -0.2) is 0 Å². The Bertz CT molecular complexity index is 443. The summed E-state index contributed by atoms with van der Waals surface area (Å²) in [6.45, 7) is 9.12. The highest BCUT2D eigenvalue weighted by molar-refractivity contribution is 5.76. The molecule has 0 aliphatic heterocycles. The van der Waals surface area contributed by atoms with Crippen molar-refractivity contribution in [2.24, 2.45) is 11.7 Å². The van der Waals surface area contributed by atoms with E-state index in [2.05, 4.69) is 37.8 Å². The first-order valence-electron chi connectivity index (χ1n) is 7.11. The maximum Gasteiger partial charge on any atom is 0.123 e. The Hall–Kier alpha value is -1.55. The van der Waals surface area contributed by atoms with Crippen molar-refractivity contribution in [1.82, 2.24) is 4.90 Å². The zero-order valence-electron chi connectivity index (χ0n) is 13.1. The second-order valence-corrected chi connectivity index (χ2v) is 5.72. The van der Waals surface area contributed by atoms with E-state index in [4.69, 9.17) is 15.9 Å². The number of benzene rings is 1. The molecule has 0 heterocycles. The second-order valence-electron chi connectivity index (χ2n) is 5.72. The molecule has 0 bridgehead atoms. The van der Waals surface area contributed by atoms with Gasteiger partial charge in [-0.3, -0.25) is 10.3 Å². The molecule has 1 aromatic carbocycles. The van der Waals surface area contributed by atoms with Gasteiger partial charge in [-0.1, -0.05) is 31.5 Å². The second kappa shape index (κ2) is 7.90. The maximum absolute atomic E-state index is 7.39. The Labute approximate surface area is 122 Å². The molecule has 0 aliphatic carbocycles. The monoisotopic (exact) mass is 277 g/mol. The van der Waals surface area contributed by atoms with Crippen molar-refractivity contribution >= 4 is 5.84 Å². The minimum Gasteiger partial charge on any atom is -0.496 e. The van der Waals surface area contributed by atoms with Gasteiger partial charge in [0.05, 0.1) is 12.9 Å². The standard InChI is InChI=1S/C16H27N3O/c1-12(2)10-19(8-7-16(17)18)11-14-9-13(3)5-6-15(14)20-4/h5-6,9,12H,7-8,10-11H2,1-4H3,(H3,17,18). The highest BCUT2D eigenvalue weighted by Gasteiger charge is 2.12. The van der Waals surface area contributed by atoms with E-state index in [9.17, 15) is 0 Å². The fourth-order valence-electron chi connectivity index (χ4n) is 2.30. The lowest BCUT2D eigenvalue weighted by molar-refractivity contribution is 0.239. The van der Waals surface area contributed by atoms with Gasteiger partial charge in [0.1, 0.15) is 5.75 Å². The van der Waals surface area contributed by atoms with E-state index < -0.39 is 0 Å². The third-order valence-electron chi connectivity index (χ3n) is 3.15. The van der Waals surface area contributed by atoms with Crippen molar-refractivity contribution < 1.29 is 4.74 Å². The van der Waals surface area contributed by atoms with Gasteiger partial charge in [-0.05, 0) is 18.9 Å². The van der Waals surface area contributed by atoms with Gasteiger partial charge >= 0.3 is 0 Å². The molecule has 0 amide bonds. The number of hydrogen-bond acceptors (Lipinski definition) is 3. The average molecular weight is 277 g/mol. The molecular formula is C16H27N3O. The Morgan fingerprint density at radius 1 is 1.40 bits per heavy atom. The van der Waals surface area contributed by atoms with Crippen LogP contribution in [0.2, 0.25) is 0 Å². The SMILES string of the molecule is COc1ccc(C)cc1CN(CCC(=N)N)CC(C)C. The zero-order chi connectivity index (χ0) is 15.1. The number of aryl methyl sites for hydroxylation is 1. The first-order chi connectivity index (χ1) is 9.42. The summed E-state index contributed by atoms with van der Waals surface area (Å²) in [4.78, 5) is 2.34. The molecule has 4 heteroatoms. The molecule has 0 saturated heterocycles. The minimum absolute atomic E-state index is 0.245. The van der Waals surface area contributed by atoms with Crippen LogP contribution >= 0.6 is 0 Å². The normalized spacial score (nSPS) is 11.1. The molecule has 0 saturated carbocycles. The Kier molecular flexibility index (Phi) is 6.52. The van der Waals surface area contributed by atoms with Crippen LogP contribution in [0.1, 0.15) is 31.4 Å². The molecule has 0 atom stereocenters. The third kappa shape index (κ3) is 5.61. The van der Waals surface area contributed by atoms with E-state index in [0.717, 1.165) is 25.4 Å². The summed E-state index contributed by atoms with van der Waals surface area (Å²) >= 11 is 0. The topological polar surface area (TPSA) is 62.3 Å². The van der Waals surface area contributed by atoms with Gasteiger partial charge in [0.15, 0.2) is 0 Å². The van der Waals surface area contributed by atoms with Crippen molar-refractivity contribution in [1.29, 1.82) is 5.41 Å². The molecule has 0 radical (unpaired) electrons. The number of nitrogens with two attached hydrogens (primary N) is 1. The van der Waals surface area contributed by atoms with Crippen LogP contribution < -0.4 is 10.5 Å². The van der Waals surface area contributed by atoms with Crippen LogP contribution in [0.25, 0.3) is 0 Å².